The van der Waals surface area contributed by atoms with Gasteiger partial charge in [0.1, 0.15) is 5.82 Å². The molecular weight excluding hydrogens is 456 g/mol. The number of sulfonamides is 1. The largest absolute Gasteiger partial charge is 0.354 e. The number of hydrogen-bond donors (Lipinski definition) is 0. The molecule has 1 fully saturated rings. The Kier molecular flexibility index (Phi) is 5.39. The molecule has 1 saturated heterocycles. The zero-order valence-corrected chi connectivity index (χ0v) is 18.8. The van der Waals surface area contributed by atoms with E-state index in [0.29, 0.717) is 36.3 Å². The summed E-state index contributed by atoms with van der Waals surface area (Å²) in [6.45, 7) is 5.41. The van der Waals surface area contributed by atoms with Crippen molar-refractivity contribution in [3.63, 3.8) is 0 Å². The highest BCUT2D eigenvalue weighted by atomic mass is 79.9. The number of carbonyl (C=O) groups excluding carboxylic acids is 1. The van der Waals surface area contributed by atoms with Crippen molar-refractivity contribution in [1.82, 2.24) is 9.29 Å². The van der Waals surface area contributed by atoms with Gasteiger partial charge in [-0.15, -0.1) is 0 Å². The third-order valence-electron chi connectivity index (χ3n) is 5.52. The van der Waals surface area contributed by atoms with Gasteiger partial charge in [0.2, 0.25) is 15.9 Å². The molecule has 1 atom stereocenters. The fourth-order valence-electron chi connectivity index (χ4n) is 4.13. The van der Waals surface area contributed by atoms with Gasteiger partial charge in [0.05, 0.1) is 4.90 Å². The van der Waals surface area contributed by atoms with Crippen molar-refractivity contribution in [3.05, 3.63) is 46.6 Å². The van der Waals surface area contributed by atoms with Gasteiger partial charge in [-0.05, 0) is 59.1 Å². The highest BCUT2D eigenvalue weighted by Gasteiger charge is 2.35. The standard InChI is InChI=1S/C20H23BrN4O3S/c1-14-11-16-12-17(21)19(13-18(16)25(14)15(2)26)29(27,28)24-9-7-23(8-10-24)20-5-3-4-6-22-20/h3-6,12-14H,7-11H2,1-2H3. The Morgan fingerprint density at radius 3 is 2.52 bits per heavy atom. The van der Waals surface area contributed by atoms with Gasteiger partial charge in [0, 0.05) is 55.5 Å². The molecule has 1 unspecified atom stereocenters. The zero-order valence-electron chi connectivity index (χ0n) is 16.4. The first-order valence-electron chi connectivity index (χ1n) is 9.57. The number of pyridine rings is 1. The molecule has 0 bridgehead atoms. The third-order valence-corrected chi connectivity index (χ3v) is 8.37. The van der Waals surface area contributed by atoms with Gasteiger partial charge in [0.25, 0.3) is 0 Å². The maximum Gasteiger partial charge on any atom is 0.244 e. The van der Waals surface area contributed by atoms with Crippen LogP contribution in [0.15, 0.2) is 45.9 Å². The maximum absolute atomic E-state index is 13.4. The summed E-state index contributed by atoms with van der Waals surface area (Å²) in [6.07, 6.45) is 2.46. The number of rotatable bonds is 3. The summed E-state index contributed by atoms with van der Waals surface area (Å²) >= 11 is 3.45. The smallest absolute Gasteiger partial charge is 0.244 e. The molecular formula is C20H23BrN4O3S. The van der Waals surface area contributed by atoms with Crippen molar-refractivity contribution < 1.29 is 13.2 Å². The van der Waals surface area contributed by atoms with Crippen molar-refractivity contribution in [2.24, 2.45) is 0 Å². The Bertz CT molecular complexity index is 1040. The van der Waals surface area contributed by atoms with Gasteiger partial charge >= 0.3 is 0 Å². The van der Waals surface area contributed by atoms with Gasteiger partial charge in [-0.3, -0.25) is 4.79 Å². The fraction of sp³-hybridized carbons (Fsp3) is 0.400. The number of halogens is 1. The summed E-state index contributed by atoms with van der Waals surface area (Å²) in [6, 6.07) is 9.22. The van der Waals surface area contributed by atoms with Crippen molar-refractivity contribution in [2.75, 3.05) is 36.0 Å². The molecule has 4 rings (SSSR count). The molecule has 2 aliphatic heterocycles. The van der Waals surface area contributed by atoms with Crippen LogP contribution < -0.4 is 9.80 Å². The monoisotopic (exact) mass is 478 g/mol. The van der Waals surface area contributed by atoms with E-state index in [0.717, 1.165) is 17.8 Å². The van der Waals surface area contributed by atoms with E-state index < -0.39 is 10.0 Å². The SMILES string of the molecule is CC(=O)N1c2cc(S(=O)(=O)N3CCN(c4ccccn4)CC3)c(Br)cc2CC1C. The summed E-state index contributed by atoms with van der Waals surface area (Å²) in [7, 11) is -3.69. The number of anilines is 2. The minimum Gasteiger partial charge on any atom is -0.354 e. The number of nitrogens with zero attached hydrogens (tertiary/aromatic N) is 4. The number of fused-ring (bicyclic) bond motifs is 1. The Hall–Kier alpha value is -1.97. The predicted octanol–water partition coefficient (Wildman–Crippen LogP) is 2.65. The second-order valence-corrected chi connectivity index (χ2v) is 10.2. The molecule has 154 valence electrons. The number of carbonyl (C=O) groups is 1. The molecule has 2 aromatic rings. The van der Waals surface area contributed by atoms with Crippen molar-refractivity contribution in [1.29, 1.82) is 0 Å². The maximum atomic E-state index is 13.4. The van der Waals surface area contributed by atoms with Gasteiger partial charge in [-0.2, -0.15) is 4.31 Å². The van der Waals surface area contributed by atoms with Crippen LogP contribution in [-0.4, -0.2) is 55.8 Å². The van der Waals surface area contributed by atoms with E-state index in [4.69, 9.17) is 0 Å². The number of amides is 1. The fourth-order valence-corrected chi connectivity index (χ4v) is 6.63. The second kappa shape index (κ2) is 7.70. The number of benzene rings is 1. The quantitative estimate of drug-likeness (QED) is 0.677. The average Bonchev–Trinajstić information content (AvgIpc) is 3.02. The molecule has 7 nitrogen and oxygen atoms in total. The molecule has 2 aliphatic rings. The van der Waals surface area contributed by atoms with Crippen LogP contribution in [0.5, 0.6) is 0 Å². The molecule has 1 aromatic carbocycles. The van der Waals surface area contributed by atoms with E-state index in [-0.39, 0.29) is 16.8 Å². The average molecular weight is 479 g/mol. The molecule has 0 saturated carbocycles. The van der Waals surface area contributed by atoms with Crippen LogP contribution in [0.3, 0.4) is 0 Å². The highest BCUT2D eigenvalue weighted by Crippen LogP contribution is 2.39. The lowest BCUT2D eigenvalue weighted by Gasteiger charge is -2.35. The molecule has 0 spiro atoms. The van der Waals surface area contributed by atoms with Crippen LogP contribution >= 0.6 is 15.9 Å². The molecule has 9 heteroatoms. The lowest BCUT2D eigenvalue weighted by molar-refractivity contribution is -0.116. The molecule has 0 aliphatic carbocycles. The first kappa shape index (κ1) is 20.3. The number of piperazine rings is 1. The normalized spacial score (nSPS) is 20.0. The van der Waals surface area contributed by atoms with Crippen molar-refractivity contribution in [3.8, 4) is 0 Å². The minimum absolute atomic E-state index is 0.0225. The van der Waals surface area contributed by atoms with Crippen LogP contribution in [0.1, 0.15) is 19.4 Å². The van der Waals surface area contributed by atoms with Crippen LogP contribution in [0.25, 0.3) is 0 Å². The van der Waals surface area contributed by atoms with Crippen LogP contribution in [0.4, 0.5) is 11.5 Å². The topological polar surface area (TPSA) is 73.8 Å². The number of hydrogen-bond acceptors (Lipinski definition) is 5. The molecule has 0 N–H and O–H groups in total. The lowest BCUT2D eigenvalue weighted by Crippen LogP contribution is -2.49. The third kappa shape index (κ3) is 3.67. The minimum atomic E-state index is -3.69. The highest BCUT2D eigenvalue weighted by molar-refractivity contribution is 9.10. The van der Waals surface area contributed by atoms with Crippen LogP contribution in [-0.2, 0) is 21.2 Å². The molecule has 29 heavy (non-hydrogen) atoms. The summed E-state index contributed by atoms with van der Waals surface area (Å²) < 4.78 is 28.8. The Morgan fingerprint density at radius 1 is 1.17 bits per heavy atom. The first-order valence-corrected chi connectivity index (χ1v) is 11.8. The second-order valence-electron chi connectivity index (χ2n) is 7.43. The van der Waals surface area contributed by atoms with Gasteiger partial charge in [-0.25, -0.2) is 13.4 Å². The van der Waals surface area contributed by atoms with Crippen LogP contribution in [0, 0.1) is 0 Å². The van der Waals surface area contributed by atoms with Gasteiger partial charge in [-0.1, -0.05) is 6.07 Å². The zero-order chi connectivity index (χ0) is 20.8. The summed E-state index contributed by atoms with van der Waals surface area (Å²) in [5, 5.41) is 0. The predicted molar refractivity (Wildman–Crippen MR) is 116 cm³/mol. The van der Waals surface area contributed by atoms with E-state index in [1.165, 1.54) is 11.2 Å². The van der Waals surface area contributed by atoms with E-state index in [2.05, 4.69) is 25.8 Å². The Balaban J connectivity index is 1.60. The molecule has 1 amide bonds. The van der Waals surface area contributed by atoms with E-state index >= 15 is 0 Å². The summed E-state index contributed by atoms with van der Waals surface area (Å²) in [4.78, 5) is 20.4. The summed E-state index contributed by atoms with van der Waals surface area (Å²) in [5.41, 5.74) is 1.68. The van der Waals surface area contributed by atoms with E-state index in [1.807, 2.05) is 31.2 Å². The lowest BCUT2D eigenvalue weighted by atomic mass is 10.1. The molecule has 3 heterocycles. The molecule has 1 aromatic heterocycles. The van der Waals surface area contributed by atoms with Gasteiger partial charge < -0.3 is 9.80 Å². The summed E-state index contributed by atoms with van der Waals surface area (Å²) in [5.74, 6) is 0.778. The van der Waals surface area contributed by atoms with E-state index in [1.54, 1.807) is 17.2 Å². The molecule has 0 radical (unpaired) electrons. The van der Waals surface area contributed by atoms with E-state index in [9.17, 15) is 13.2 Å². The first-order chi connectivity index (χ1) is 13.8. The Labute approximate surface area is 179 Å². The van der Waals surface area contributed by atoms with Crippen molar-refractivity contribution in [2.45, 2.75) is 31.2 Å². The number of aromatic nitrogens is 1. The van der Waals surface area contributed by atoms with Crippen molar-refractivity contribution >= 4 is 43.4 Å². The van der Waals surface area contributed by atoms with Gasteiger partial charge in [0.15, 0.2) is 0 Å². The van der Waals surface area contributed by atoms with Crippen LogP contribution in [0.2, 0.25) is 0 Å². The Morgan fingerprint density at radius 2 is 1.90 bits per heavy atom.